The Morgan fingerprint density at radius 2 is 1.73 bits per heavy atom. The maximum atomic E-state index is 11.0. The zero-order valence-electron chi connectivity index (χ0n) is 7.50. The van der Waals surface area contributed by atoms with Gasteiger partial charge in [-0.2, -0.15) is 0 Å². The Balaban J connectivity index is 0.000000423. The molecule has 1 aromatic rings. The number of carbonyl (C=O) groups excluding carboxylic acids is 1. The van der Waals surface area contributed by atoms with Crippen molar-refractivity contribution in [1.82, 2.24) is 0 Å². The minimum atomic E-state index is -0.750. The van der Waals surface area contributed by atoms with E-state index in [1.807, 2.05) is 40.8 Å². The average Bonchev–Trinajstić information content (AvgIpc) is 2.19. The number of esters is 1. The predicted molar refractivity (Wildman–Crippen MR) is 72.1 cm³/mol. The van der Waals surface area contributed by atoms with E-state index in [0.717, 1.165) is 0 Å². The molecule has 0 heterocycles. The summed E-state index contributed by atoms with van der Waals surface area (Å²) in [6, 6.07) is 8.94. The van der Waals surface area contributed by atoms with Gasteiger partial charge in [-0.1, -0.05) is 53.0 Å². The molecule has 0 atom stereocenters. The van der Waals surface area contributed by atoms with Gasteiger partial charge in [0.1, 0.15) is 4.61 Å². The van der Waals surface area contributed by atoms with Gasteiger partial charge in [-0.05, 0) is 34.7 Å². The van der Waals surface area contributed by atoms with Crippen molar-refractivity contribution in [2.75, 3.05) is 4.61 Å². The SMILES string of the molecule is ClC(Cl)Cl.O=C(OCI)c1ccccc1. The molecule has 0 amide bonds. The van der Waals surface area contributed by atoms with Crippen molar-refractivity contribution in [2.24, 2.45) is 0 Å². The van der Waals surface area contributed by atoms with Gasteiger partial charge >= 0.3 is 5.97 Å². The van der Waals surface area contributed by atoms with Crippen molar-refractivity contribution >= 4 is 63.4 Å². The smallest absolute Gasteiger partial charge is 0.338 e. The molecule has 0 radical (unpaired) electrons. The fourth-order valence-electron chi connectivity index (χ4n) is 0.707. The minimum Gasteiger partial charge on any atom is -0.451 e. The van der Waals surface area contributed by atoms with Gasteiger partial charge in [-0.15, -0.1) is 0 Å². The van der Waals surface area contributed by atoms with Crippen LogP contribution >= 0.6 is 57.4 Å². The van der Waals surface area contributed by atoms with Crippen molar-refractivity contribution in [2.45, 2.75) is 4.30 Å². The summed E-state index contributed by atoms with van der Waals surface area (Å²) in [5.74, 6) is -0.264. The van der Waals surface area contributed by atoms with Crippen molar-refractivity contribution in [3.63, 3.8) is 0 Å². The highest BCUT2D eigenvalue weighted by Crippen LogP contribution is 2.03. The molecule has 2 nitrogen and oxygen atoms in total. The molecule has 0 unspecified atom stereocenters. The third-order valence-corrected chi connectivity index (χ3v) is 1.51. The van der Waals surface area contributed by atoms with E-state index in [-0.39, 0.29) is 5.97 Å². The van der Waals surface area contributed by atoms with Crippen LogP contribution in [0.3, 0.4) is 0 Å². The summed E-state index contributed by atoms with van der Waals surface area (Å²) in [7, 11) is 0. The van der Waals surface area contributed by atoms with E-state index < -0.39 is 4.30 Å². The van der Waals surface area contributed by atoms with E-state index in [9.17, 15) is 4.79 Å². The zero-order valence-corrected chi connectivity index (χ0v) is 11.9. The highest BCUT2D eigenvalue weighted by Gasteiger charge is 2.02. The van der Waals surface area contributed by atoms with Gasteiger partial charge in [0.15, 0.2) is 4.30 Å². The molecule has 1 aromatic carbocycles. The van der Waals surface area contributed by atoms with Crippen LogP contribution in [0.5, 0.6) is 0 Å². The first-order valence-corrected chi connectivity index (χ1v) is 6.61. The second-order valence-corrected chi connectivity index (χ2v) is 4.76. The van der Waals surface area contributed by atoms with E-state index in [2.05, 4.69) is 0 Å². The highest BCUT2D eigenvalue weighted by atomic mass is 127. The third-order valence-electron chi connectivity index (χ3n) is 1.20. The predicted octanol–water partition coefficient (Wildman–Crippen LogP) is 4.22. The molecule has 0 N–H and O–H groups in total. The summed E-state index contributed by atoms with van der Waals surface area (Å²) >= 11 is 16.4. The van der Waals surface area contributed by atoms with E-state index in [1.165, 1.54) is 0 Å². The van der Waals surface area contributed by atoms with Gasteiger partial charge < -0.3 is 4.74 Å². The molecule has 0 aromatic heterocycles. The average molecular weight is 381 g/mol. The lowest BCUT2D eigenvalue weighted by Crippen LogP contribution is -2.02. The minimum absolute atomic E-state index is 0.264. The van der Waals surface area contributed by atoms with Crippen LogP contribution in [0, 0.1) is 0 Å². The van der Waals surface area contributed by atoms with Crippen LogP contribution < -0.4 is 0 Å². The fourth-order valence-corrected chi connectivity index (χ4v) is 0.990. The molecular formula is C9H8Cl3IO2. The summed E-state index contributed by atoms with van der Waals surface area (Å²) in [6.45, 7) is 0. The number of ether oxygens (including phenoxy) is 1. The van der Waals surface area contributed by atoms with Crippen molar-refractivity contribution in [3.8, 4) is 0 Å². The Morgan fingerprint density at radius 3 is 2.13 bits per heavy atom. The van der Waals surface area contributed by atoms with Crippen LogP contribution in [0.2, 0.25) is 0 Å². The fraction of sp³-hybridized carbons (Fsp3) is 0.222. The Labute approximate surface area is 117 Å². The lowest BCUT2D eigenvalue weighted by Gasteiger charge is -1.98. The van der Waals surface area contributed by atoms with Crippen LogP contribution in [-0.2, 0) is 4.74 Å². The Morgan fingerprint density at radius 1 is 1.27 bits per heavy atom. The first-order valence-electron chi connectivity index (χ1n) is 3.78. The van der Waals surface area contributed by atoms with E-state index in [1.54, 1.807) is 12.1 Å². The van der Waals surface area contributed by atoms with Crippen LogP contribution in [0.15, 0.2) is 30.3 Å². The van der Waals surface area contributed by atoms with Gasteiger partial charge in [-0.25, -0.2) is 4.79 Å². The first-order chi connectivity index (χ1) is 7.07. The molecule has 6 heteroatoms. The monoisotopic (exact) mass is 380 g/mol. The molecule has 0 saturated carbocycles. The summed E-state index contributed by atoms with van der Waals surface area (Å²) in [4.78, 5) is 11.0. The summed E-state index contributed by atoms with van der Waals surface area (Å²) in [6.07, 6.45) is 0. The number of benzene rings is 1. The zero-order chi connectivity index (χ0) is 11.7. The lowest BCUT2D eigenvalue weighted by molar-refractivity contribution is 0.0590. The Kier molecular flexibility index (Phi) is 9.70. The second-order valence-electron chi connectivity index (χ2n) is 2.15. The summed E-state index contributed by atoms with van der Waals surface area (Å²) in [5.41, 5.74) is 0.601. The number of carbonyl (C=O) groups is 1. The molecule has 0 bridgehead atoms. The molecule has 0 spiro atoms. The highest BCUT2D eigenvalue weighted by molar-refractivity contribution is 14.1. The number of halogens is 4. The standard InChI is InChI=1S/C8H7IO2.CHCl3/c9-6-11-8(10)7-4-2-1-3-5-7;2-1(3)4/h1-5H,6H2;1H. The number of alkyl halides is 4. The normalized spacial score (nSPS) is 9.13. The molecule has 0 aliphatic heterocycles. The molecular weight excluding hydrogens is 373 g/mol. The van der Waals surface area contributed by atoms with Crippen molar-refractivity contribution in [3.05, 3.63) is 35.9 Å². The quantitative estimate of drug-likeness (QED) is 0.436. The molecule has 15 heavy (non-hydrogen) atoms. The van der Waals surface area contributed by atoms with Gasteiger partial charge in [0.25, 0.3) is 0 Å². The van der Waals surface area contributed by atoms with E-state index in [4.69, 9.17) is 39.5 Å². The topological polar surface area (TPSA) is 26.3 Å². The first kappa shape index (κ1) is 15.3. The lowest BCUT2D eigenvalue weighted by atomic mass is 10.2. The number of rotatable bonds is 2. The van der Waals surface area contributed by atoms with Crippen LogP contribution in [0.1, 0.15) is 10.4 Å². The molecule has 0 aliphatic carbocycles. The second kappa shape index (κ2) is 9.51. The molecule has 0 fully saturated rings. The Bertz CT molecular complexity index is 277. The number of hydrogen-bond donors (Lipinski definition) is 0. The maximum Gasteiger partial charge on any atom is 0.338 e. The van der Waals surface area contributed by atoms with Crippen LogP contribution in [0.25, 0.3) is 0 Å². The van der Waals surface area contributed by atoms with Crippen LogP contribution in [-0.4, -0.2) is 14.9 Å². The van der Waals surface area contributed by atoms with Gasteiger partial charge in [-0.3, -0.25) is 0 Å². The van der Waals surface area contributed by atoms with Crippen LogP contribution in [0.4, 0.5) is 0 Å². The summed E-state index contributed by atoms with van der Waals surface area (Å²) < 4.78 is 4.42. The van der Waals surface area contributed by atoms with Gasteiger partial charge in [0, 0.05) is 0 Å². The molecule has 84 valence electrons. The molecule has 0 aliphatic rings. The largest absolute Gasteiger partial charge is 0.451 e. The maximum absolute atomic E-state index is 11.0. The van der Waals surface area contributed by atoms with Crippen molar-refractivity contribution < 1.29 is 9.53 Å². The Hall–Kier alpha value is 0.290. The van der Waals surface area contributed by atoms with Gasteiger partial charge in [0.2, 0.25) is 0 Å². The number of hydrogen-bond acceptors (Lipinski definition) is 2. The molecule has 1 rings (SSSR count). The summed E-state index contributed by atoms with van der Waals surface area (Å²) in [5, 5.41) is 0. The van der Waals surface area contributed by atoms with E-state index >= 15 is 0 Å². The molecule has 0 saturated heterocycles. The third kappa shape index (κ3) is 9.23. The van der Waals surface area contributed by atoms with Crippen molar-refractivity contribution in [1.29, 1.82) is 0 Å². The van der Waals surface area contributed by atoms with E-state index in [0.29, 0.717) is 10.2 Å². The van der Waals surface area contributed by atoms with Gasteiger partial charge in [0.05, 0.1) is 5.56 Å².